The molecule has 0 bridgehead atoms. The topological polar surface area (TPSA) is 30.3 Å². The summed E-state index contributed by atoms with van der Waals surface area (Å²) in [6.07, 6.45) is 2.75. The maximum absolute atomic E-state index is 12.0. The molecule has 1 aliphatic heterocycles. The molecule has 0 saturated carbocycles. The standard InChI is InChI=1S/C16H22FN3/c17-8-4-1-5-9-19-10-12-20(13-11-19)16-7-3-2-6-15(16)14-18/h2-3,6-7H,1,4-5,8-13H2. The van der Waals surface area contributed by atoms with Crippen LogP contribution in [0.5, 0.6) is 0 Å². The summed E-state index contributed by atoms with van der Waals surface area (Å²) in [7, 11) is 0. The Labute approximate surface area is 120 Å². The third-order valence-electron chi connectivity index (χ3n) is 3.85. The second-order valence-corrected chi connectivity index (χ2v) is 5.21. The van der Waals surface area contributed by atoms with Crippen LogP contribution in [0.25, 0.3) is 0 Å². The molecule has 3 nitrogen and oxygen atoms in total. The Hall–Kier alpha value is -1.60. The highest BCUT2D eigenvalue weighted by atomic mass is 19.1. The van der Waals surface area contributed by atoms with Crippen LogP contribution in [0.15, 0.2) is 24.3 Å². The summed E-state index contributed by atoms with van der Waals surface area (Å²) in [5.41, 5.74) is 1.80. The number of benzene rings is 1. The van der Waals surface area contributed by atoms with Crippen molar-refractivity contribution in [2.24, 2.45) is 0 Å². The molecule has 0 aromatic heterocycles. The van der Waals surface area contributed by atoms with Crippen molar-refractivity contribution in [1.29, 1.82) is 5.26 Å². The van der Waals surface area contributed by atoms with Crippen LogP contribution in [-0.4, -0.2) is 44.3 Å². The Kier molecular flexibility index (Phi) is 5.82. The van der Waals surface area contributed by atoms with Crippen molar-refractivity contribution in [3.05, 3.63) is 29.8 Å². The summed E-state index contributed by atoms with van der Waals surface area (Å²) in [5.74, 6) is 0. The highest BCUT2D eigenvalue weighted by Crippen LogP contribution is 2.21. The molecular formula is C16H22FN3. The Balaban J connectivity index is 1.81. The lowest BCUT2D eigenvalue weighted by molar-refractivity contribution is 0.251. The molecule has 1 aliphatic rings. The fraction of sp³-hybridized carbons (Fsp3) is 0.562. The zero-order valence-electron chi connectivity index (χ0n) is 11.9. The van der Waals surface area contributed by atoms with E-state index in [1.807, 2.05) is 24.3 Å². The predicted molar refractivity (Wildman–Crippen MR) is 79.6 cm³/mol. The van der Waals surface area contributed by atoms with E-state index in [0.717, 1.165) is 56.8 Å². The average molecular weight is 275 g/mol. The Morgan fingerprint density at radius 2 is 1.80 bits per heavy atom. The van der Waals surface area contributed by atoms with Gasteiger partial charge in [0.15, 0.2) is 0 Å². The molecular weight excluding hydrogens is 253 g/mol. The third kappa shape index (κ3) is 3.94. The van der Waals surface area contributed by atoms with Crippen molar-refractivity contribution < 1.29 is 4.39 Å². The fourth-order valence-electron chi connectivity index (χ4n) is 2.66. The summed E-state index contributed by atoms with van der Waals surface area (Å²) < 4.78 is 12.0. The number of para-hydroxylation sites is 1. The zero-order chi connectivity index (χ0) is 14.2. The third-order valence-corrected chi connectivity index (χ3v) is 3.85. The lowest BCUT2D eigenvalue weighted by atomic mass is 10.1. The van der Waals surface area contributed by atoms with Gasteiger partial charge in [-0.05, 0) is 37.9 Å². The van der Waals surface area contributed by atoms with Crippen LogP contribution in [0.1, 0.15) is 24.8 Å². The number of alkyl halides is 1. The molecule has 4 heteroatoms. The highest BCUT2D eigenvalue weighted by Gasteiger charge is 2.18. The van der Waals surface area contributed by atoms with E-state index < -0.39 is 0 Å². The van der Waals surface area contributed by atoms with Gasteiger partial charge in [0.1, 0.15) is 6.07 Å². The van der Waals surface area contributed by atoms with Gasteiger partial charge in [0.25, 0.3) is 0 Å². The summed E-state index contributed by atoms with van der Waals surface area (Å²) >= 11 is 0. The van der Waals surface area contributed by atoms with E-state index in [-0.39, 0.29) is 6.67 Å². The van der Waals surface area contributed by atoms with Gasteiger partial charge in [0, 0.05) is 26.2 Å². The van der Waals surface area contributed by atoms with Crippen molar-refractivity contribution in [1.82, 2.24) is 4.90 Å². The van der Waals surface area contributed by atoms with Gasteiger partial charge in [-0.2, -0.15) is 5.26 Å². The molecule has 0 amide bonds. The molecule has 1 heterocycles. The van der Waals surface area contributed by atoms with Crippen LogP contribution in [0.4, 0.5) is 10.1 Å². The van der Waals surface area contributed by atoms with Gasteiger partial charge < -0.3 is 4.90 Å². The maximum Gasteiger partial charge on any atom is 0.101 e. The molecule has 1 saturated heterocycles. The van der Waals surface area contributed by atoms with Gasteiger partial charge in [-0.1, -0.05) is 12.1 Å². The van der Waals surface area contributed by atoms with Crippen LogP contribution in [-0.2, 0) is 0 Å². The van der Waals surface area contributed by atoms with E-state index in [2.05, 4.69) is 15.9 Å². The van der Waals surface area contributed by atoms with Crippen LogP contribution < -0.4 is 4.90 Å². The molecule has 0 unspecified atom stereocenters. The van der Waals surface area contributed by atoms with Gasteiger partial charge >= 0.3 is 0 Å². The molecule has 20 heavy (non-hydrogen) atoms. The molecule has 1 aromatic rings. The number of piperazine rings is 1. The number of hydrogen-bond acceptors (Lipinski definition) is 3. The van der Waals surface area contributed by atoms with Gasteiger partial charge in [-0.25, -0.2) is 0 Å². The number of halogens is 1. The first-order valence-electron chi connectivity index (χ1n) is 7.37. The Morgan fingerprint density at radius 1 is 1.05 bits per heavy atom. The first-order valence-corrected chi connectivity index (χ1v) is 7.37. The molecule has 1 aromatic carbocycles. The number of unbranched alkanes of at least 4 members (excludes halogenated alkanes) is 2. The average Bonchev–Trinajstić information content (AvgIpc) is 2.52. The molecule has 0 radical (unpaired) electrons. The van der Waals surface area contributed by atoms with E-state index in [4.69, 9.17) is 5.26 Å². The number of anilines is 1. The summed E-state index contributed by atoms with van der Waals surface area (Å²) in [5, 5.41) is 9.15. The first-order chi connectivity index (χ1) is 9.85. The molecule has 0 atom stereocenters. The van der Waals surface area contributed by atoms with Gasteiger partial charge in [-0.3, -0.25) is 9.29 Å². The number of nitriles is 1. The van der Waals surface area contributed by atoms with Crippen molar-refractivity contribution in [2.75, 3.05) is 44.3 Å². The van der Waals surface area contributed by atoms with Crippen molar-refractivity contribution in [2.45, 2.75) is 19.3 Å². The largest absolute Gasteiger partial charge is 0.368 e. The minimum Gasteiger partial charge on any atom is -0.368 e. The fourth-order valence-corrected chi connectivity index (χ4v) is 2.66. The SMILES string of the molecule is N#Cc1ccccc1N1CCN(CCCCCF)CC1. The predicted octanol–water partition coefficient (Wildman–Crippen LogP) is 2.82. The summed E-state index contributed by atoms with van der Waals surface area (Å²) in [6, 6.07) is 10.1. The monoisotopic (exact) mass is 275 g/mol. The second kappa shape index (κ2) is 7.86. The van der Waals surface area contributed by atoms with Gasteiger partial charge in [0.2, 0.25) is 0 Å². The Bertz CT molecular complexity index is 447. The van der Waals surface area contributed by atoms with E-state index in [0.29, 0.717) is 6.42 Å². The molecule has 108 valence electrons. The minimum atomic E-state index is -0.196. The van der Waals surface area contributed by atoms with E-state index >= 15 is 0 Å². The van der Waals surface area contributed by atoms with Crippen molar-refractivity contribution in [3.8, 4) is 6.07 Å². The zero-order valence-corrected chi connectivity index (χ0v) is 11.9. The maximum atomic E-state index is 12.0. The minimum absolute atomic E-state index is 0.196. The highest BCUT2D eigenvalue weighted by molar-refractivity contribution is 5.59. The first kappa shape index (κ1) is 14.8. The van der Waals surface area contributed by atoms with Gasteiger partial charge in [-0.15, -0.1) is 0 Å². The molecule has 2 rings (SSSR count). The van der Waals surface area contributed by atoms with E-state index in [1.54, 1.807) is 0 Å². The summed E-state index contributed by atoms with van der Waals surface area (Å²) in [6.45, 7) is 4.83. The molecule has 1 fully saturated rings. The summed E-state index contributed by atoms with van der Waals surface area (Å²) in [4.78, 5) is 4.72. The number of rotatable bonds is 6. The van der Waals surface area contributed by atoms with Gasteiger partial charge in [0.05, 0.1) is 17.9 Å². The normalized spacial score (nSPS) is 16.1. The number of hydrogen-bond donors (Lipinski definition) is 0. The lowest BCUT2D eigenvalue weighted by Gasteiger charge is -2.36. The van der Waals surface area contributed by atoms with Crippen LogP contribution in [0, 0.1) is 11.3 Å². The lowest BCUT2D eigenvalue weighted by Crippen LogP contribution is -2.46. The van der Waals surface area contributed by atoms with Crippen LogP contribution in [0.2, 0.25) is 0 Å². The van der Waals surface area contributed by atoms with Crippen molar-refractivity contribution >= 4 is 5.69 Å². The molecule has 0 aliphatic carbocycles. The smallest absolute Gasteiger partial charge is 0.101 e. The van der Waals surface area contributed by atoms with Crippen molar-refractivity contribution in [3.63, 3.8) is 0 Å². The molecule has 0 spiro atoms. The van der Waals surface area contributed by atoms with Crippen LogP contribution >= 0.6 is 0 Å². The number of nitrogens with zero attached hydrogens (tertiary/aromatic N) is 3. The quantitative estimate of drug-likeness (QED) is 0.748. The van der Waals surface area contributed by atoms with Crippen LogP contribution in [0.3, 0.4) is 0 Å². The Morgan fingerprint density at radius 3 is 2.50 bits per heavy atom. The molecule has 0 N–H and O–H groups in total. The second-order valence-electron chi connectivity index (χ2n) is 5.21. The van der Waals surface area contributed by atoms with E-state index in [1.165, 1.54) is 0 Å². The van der Waals surface area contributed by atoms with E-state index in [9.17, 15) is 4.39 Å².